The fourth-order valence-electron chi connectivity index (χ4n) is 2.86. The summed E-state index contributed by atoms with van der Waals surface area (Å²) in [4.78, 5) is 0.786. The Bertz CT molecular complexity index is 1010. The van der Waals surface area contributed by atoms with Gasteiger partial charge in [0, 0.05) is 10.5 Å². The molecule has 0 aliphatic rings. The number of hydrogen-bond acceptors (Lipinski definition) is 6. The number of hydrogen-bond donors (Lipinski definition) is 1. The maximum absolute atomic E-state index is 13.4. The molecule has 3 aromatic rings. The number of aromatic nitrogens is 2. The van der Waals surface area contributed by atoms with Crippen molar-refractivity contribution in [2.24, 2.45) is 5.14 Å². The van der Waals surface area contributed by atoms with Gasteiger partial charge in [-0.3, -0.25) is 5.14 Å². The SMILES string of the molecule is CCOP(COc1cccc(-c2cc(C(F)(F)F)nn2-c2ccc(SN)cc2)c1)OCC. The Morgan fingerprint density at radius 1 is 1.03 bits per heavy atom. The molecule has 11 heteroatoms. The number of benzene rings is 2. The Morgan fingerprint density at radius 2 is 1.72 bits per heavy atom. The Kier molecular flexibility index (Phi) is 8.56. The molecule has 2 aromatic carbocycles. The molecule has 0 radical (unpaired) electrons. The summed E-state index contributed by atoms with van der Waals surface area (Å²) in [5.74, 6) is 0.491. The van der Waals surface area contributed by atoms with Crippen molar-refractivity contribution in [1.29, 1.82) is 0 Å². The van der Waals surface area contributed by atoms with Crippen molar-refractivity contribution in [1.82, 2.24) is 9.78 Å². The monoisotopic (exact) mass is 485 g/mol. The molecule has 0 bridgehead atoms. The van der Waals surface area contributed by atoms with E-state index in [1.165, 1.54) is 4.68 Å². The number of nitrogens with zero attached hydrogens (tertiary/aromatic N) is 2. The number of halogens is 3. The van der Waals surface area contributed by atoms with Gasteiger partial charge in [0.05, 0.1) is 24.6 Å². The maximum Gasteiger partial charge on any atom is 0.435 e. The van der Waals surface area contributed by atoms with Crippen LogP contribution in [-0.4, -0.2) is 29.3 Å². The summed E-state index contributed by atoms with van der Waals surface area (Å²) in [6.45, 7) is 4.73. The van der Waals surface area contributed by atoms with Gasteiger partial charge in [0.15, 0.2) is 12.0 Å². The van der Waals surface area contributed by atoms with Crippen LogP contribution < -0.4 is 9.88 Å². The van der Waals surface area contributed by atoms with E-state index in [1.807, 2.05) is 13.8 Å². The van der Waals surface area contributed by atoms with Gasteiger partial charge in [0.1, 0.15) is 5.75 Å². The molecule has 0 spiro atoms. The van der Waals surface area contributed by atoms with Crippen LogP contribution >= 0.6 is 20.3 Å². The van der Waals surface area contributed by atoms with Gasteiger partial charge < -0.3 is 13.8 Å². The fourth-order valence-corrected chi connectivity index (χ4v) is 4.21. The molecular formula is C21H23F3N3O3PS. The van der Waals surface area contributed by atoms with E-state index >= 15 is 0 Å². The van der Waals surface area contributed by atoms with E-state index in [1.54, 1.807) is 48.5 Å². The van der Waals surface area contributed by atoms with Crippen LogP contribution in [0.25, 0.3) is 16.9 Å². The average Bonchev–Trinajstić information content (AvgIpc) is 3.24. The zero-order valence-corrected chi connectivity index (χ0v) is 19.2. The summed E-state index contributed by atoms with van der Waals surface area (Å²) >= 11 is 1.05. The normalized spacial score (nSPS) is 11.8. The highest BCUT2D eigenvalue weighted by Gasteiger charge is 2.35. The highest BCUT2D eigenvalue weighted by Crippen LogP contribution is 2.39. The molecule has 172 valence electrons. The van der Waals surface area contributed by atoms with Crippen molar-refractivity contribution in [3.63, 3.8) is 0 Å². The molecule has 2 N–H and O–H groups in total. The quantitative estimate of drug-likeness (QED) is 0.271. The lowest BCUT2D eigenvalue weighted by molar-refractivity contribution is -0.141. The largest absolute Gasteiger partial charge is 0.484 e. The summed E-state index contributed by atoms with van der Waals surface area (Å²) in [6.07, 6.45) is -4.36. The summed E-state index contributed by atoms with van der Waals surface area (Å²) in [5.41, 5.74) is 0.316. The maximum atomic E-state index is 13.4. The van der Waals surface area contributed by atoms with Gasteiger partial charge in [-0.15, -0.1) is 0 Å². The molecule has 0 saturated heterocycles. The fraction of sp³-hybridized carbons (Fsp3) is 0.286. The van der Waals surface area contributed by atoms with Crippen LogP contribution in [0.3, 0.4) is 0 Å². The lowest BCUT2D eigenvalue weighted by Gasteiger charge is -2.16. The average molecular weight is 485 g/mol. The van der Waals surface area contributed by atoms with E-state index in [9.17, 15) is 13.2 Å². The standard InChI is InChI=1S/C21H23F3N3O3PS/c1-3-29-31(30-4-2)14-28-17-7-5-6-15(12-17)19-13-20(21(22,23)24)26-27(19)16-8-10-18(32-25)11-9-16/h5-13H,3-4,14,25H2,1-2H3. The van der Waals surface area contributed by atoms with E-state index in [0.29, 0.717) is 30.2 Å². The molecule has 32 heavy (non-hydrogen) atoms. The van der Waals surface area contributed by atoms with E-state index in [0.717, 1.165) is 22.9 Å². The molecule has 0 aliphatic carbocycles. The highest BCUT2D eigenvalue weighted by molar-refractivity contribution is 7.97. The first-order valence-corrected chi connectivity index (χ1v) is 12.0. The molecule has 6 nitrogen and oxygen atoms in total. The minimum atomic E-state index is -4.58. The number of nitrogens with two attached hydrogens (primary N) is 1. The third-order valence-electron chi connectivity index (χ3n) is 4.23. The van der Waals surface area contributed by atoms with Crippen molar-refractivity contribution < 1.29 is 27.0 Å². The third kappa shape index (κ3) is 6.24. The van der Waals surface area contributed by atoms with Crippen LogP contribution in [0.15, 0.2) is 59.5 Å². The molecule has 0 unspecified atom stereocenters. The van der Waals surface area contributed by atoms with Gasteiger partial charge >= 0.3 is 6.18 Å². The summed E-state index contributed by atoms with van der Waals surface area (Å²) in [7, 11) is -1.21. The first-order chi connectivity index (χ1) is 15.4. The number of ether oxygens (including phenoxy) is 1. The molecule has 1 heterocycles. The van der Waals surface area contributed by atoms with Crippen LogP contribution in [-0.2, 0) is 15.2 Å². The van der Waals surface area contributed by atoms with Crippen molar-refractivity contribution >= 4 is 20.3 Å². The van der Waals surface area contributed by atoms with E-state index in [4.69, 9.17) is 18.9 Å². The third-order valence-corrected chi connectivity index (χ3v) is 6.21. The second kappa shape index (κ2) is 11.2. The topological polar surface area (TPSA) is 71.5 Å². The molecule has 0 atom stereocenters. The predicted octanol–water partition coefficient (Wildman–Crippen LogP) is 6.25. The summed E-state index contributed by atoms with van der Waals surface area (Å²) in [5, 5.41) is 9.35. The Hall–Kier alpha value is -2.10. The van der Waals surface area contributed by atoms with E-state index in [2.05, 4.69) is 5.10 Å². The number of alkyl halides is 3. The van der Waals surface area contributed by atoms with Crippen molar-refractivity contribution in [3.8, 4) is 22.7 Å². The smallest absolute Gasteiger partial charge is 0.435 e. The van der Waals surface area contributed by atoms with Crippen molar-refractivity contribution in [2.75, 3.05) is 19.6 Å². The van der Waals surface area contributed by atoms with Crippen LogP contribution in [0.5, 0.6) is 5.75 Å². The molecule has 0 aliphatic heterocycles. The summed E-state index contributed by atoms with van der Waals surface area (Å²) in [6, 6.07) is 14.6. The Morgan fingerprint density at radius 3 is 2.31 bits per heavy atom. The van der Waals surface area contributed by atoms with Crippen molar-refractivity contribution in [3.05, 3.63) is 60.3 Å². The Balaban J connectivity index is 1.94. The highest BCUT2D eigenvalue weighted by atomic mass is 32.2. The van der Waals surface area contributed by atoms with Gasteiger partial charge in [-0.25, -0.2) is 4.68 Å². The molecular weight excluding hydrogens is 462 g/mol. The molecule has 1 aromatic heterocycles. The molecule has 0 saturated carbocycles. The second-order valence-corrected chi connectivity index (χ2v) is 8.55. The Labute approximate surface area is 189 Å². The van der Waals surface area contributed by atoms with Crippen LogP contribution in [0.2, 0.25) is 0 Å². The lowest BCUT2D eigenvalue weighted by atomic mass is 10.1. The zero-order chi connectivity index (χ0) is 23.1. The number of rotatable bonds is 10. The first kappa shape index (κ1) is 24.5. The van der Waals surface area contributed by atoms with E-state index in [-0.39, 0.29) is 12.0 Å². The molecule has 3 rings (SSSR count). The predicted molar refractivity (Wildman–Crippen MR) is 120 cm³/mol. The van der Waals surface area contributed by atoms with E-state index < -0.39 is 20.2 Å². The summed E-state index contributed by atoms with van der Waals surface area (Å²) < 4.78 is 58.4. The lowest BCUT2D eigenvalue weighted by Crippen LogP contribution is -2.07. The molecule has 0 amide bonds. The minimum Gasteiger partial charge on any atom is -0.484 e. The van der Waals surface area contributed by atoms with Crippen LogP contribution in [0.4, 0.5) is 13.2 Å². The van der Waals surface area contributed by atoms with Gasteiger partial charge in [-0.1, -0.05) is 12.1 Å². The van der Waals surface area contributed by atoms with Crippen molar-refractivity contribution in [2.45, 2.75) is 24.9 Å². The van der Waals surface area contributed by atoms with Crippen LogP contribution in [0, 0.1) is 0 Å². The van der Waals surface area contributed by atoms with Gasteiger partial charge in [-0.2, -0.15) is 18.3 Å². The van der Waals surface area contributed by atoms with Gasteiger partial charge in [-0.05, 0) is 68.3 Å². The van der Waals surface area contributed by atoms with Crippen LogP contribution in [0.1, 0.15) is 19.5 Å². The van der Waals surface area contributed by atoms with Gasteiger partial charge in [0.25, 0.3) is 0 Å². The van der Waals surface area contributed by atoms with Gasteiger partial charge in [0.2, 0.25) is 8.38 Å². The second-order valence-electron chi connectivity index (χ2n) is 6.41. The first-order valence-electron chi connectivity index (χ1n) is 9.76. The zero-order valence-electron chi connectivity index (χ0n) is 17.5. The minimum absolute atomic E-state index is 0.214. The molecule has 0 fully saturated rings.